The lowest BCUT2D eigenvalue weighted by atomic mass is 9.82. The maximum absolute atomic E-state index is 13.0. The second-order valence-corrected chi connectivity index (χ2v) is 8.75. The van der Waals surface area contributed by atoms with Crippen LogP contribution in [0.25, 0.3) is 0 Å². The minimum Gasteiger partial charge on any atom is -0.298 e. The molecule has 0 spiro atoms. The standard InChI is InChI=1S/C21H19NO4S/c1-13-16-12-17(22-27(25,26)15-10-6-3-7-11-15)21(24)19(20(16)23)18(13)14-8-4-2-5-9-14/h2-13,16,18-19,22H,1H3/t13-,16-,18-,19+/m0/s1. The van der Waals surface area contributed by atoms with Crippen LogP contribution in [-0.4, -0.2) is 20.0 Å². The summed E-state index contributed by atoms with van der Waals surface area (Å²) in [7, 11) is -3.88. The van der Waals surface area contributed by atoms with E-state index < -0.39 is 27.6 Å². The number of hydrogen-bond donors (Lipinski definition) is 1. The van der Waals surface area contributed by atoms with Crippen molar-refractivity contribution in [1.29, 1.82) is 0 Å². The van der Waals surface area contributed by atoms with E-state index in [1.807, 2.05) is 37.3 Å². The lowest BCUT2D eigenvalue weighted by Gasteiger charge is -2.22. The summed E-state index contributed by atoms with van der Waals surface area (Å²) < 4.78 is 27.6. The monoisotopic (exact) mass is 381 g/mol. The molecule has 0 aliphatic heterocycles. The number of Topliss-reactive ketones (excluding diaryl/α,β-unsaturated/α-hetero) is 2. The third-order valence-corrected chi connectivity index (χ3v) is 6.88. The van der Waals surface area contributed by atoms with Gasteiger partial charge in [-0.05, 0) is 29.7 Å². The molecule has 1 N–H and O–H groups in total. The Kier molecular flexibility index (Phi) is 4.23. The molecule has 2 aromatic rings. The Balaban J connectivity index is 1.69. The summed E-state index contributed by atoms with van der Waals surface area (Å²) in [6, 6.07) is 17.4. The summed E-state index contributed by atoms with van der Waals surface area (Å²) in [6.07, 6.45) is 1.50. The van der Waals surface area contributed by atoms with Gasteiger partial charge in [0.1, 0.15) is 0 Å². The topological polar surface area (TPSA) is 80.3 Å². The van der Waals surface area contributed by atoms with Crippen LogP contribution in [0.4, 0.5) is 0 Å². The molecule has 2 aliphatic carbocycles. The van der Waals surface area contributed by atoms with Gasteiger partial charge in [-0.3, -0.25) is 14.3 Å². The van der Waals surface area contributed by atoms with Crippen LogP contribution in [0.3, 0.4) is 0 Å². The molecule has 4 rings (SSSR count). The molecule has 27 heavy (non-hydrogen) atoms. The van der Waals surface area contributed by atoms with Crippen molar-refractivity contribution >= 4 is 21.6 Å². The van der Waals surface area contributed by atoms with Crippen molar-refractivity contribution in [3.8, 4) is 0 Å². The molecule has 0 aromatic heterocycles. The van der Waals surface area contributed by atoms with Gasteiger partial charge in [0.25, 0.3) is 10.0 Å². The first kappa shape index (κ1) is 17.7. The molecule has 5 nitrogen and oxygen atoms in total. The Morgan fingerprint density at radius 3 is 2.11 bits per heavy atom. The number of sulfonamides is 1. The van der Waals surface area contributed by atoms with Crippen molar-refractivity contribution in [2.75, 3.05) is 0 Å². The number of rotatable bonds is 4. The molecule has 0 amide bonds. The average molecular weight is 381 g/mol. The second-order valence-electron chi connectivity index (χ2n) is 7.06. The maximum Gasteiger partial charge on any atom is 0.261 e. The summed E-state index contributed by atoms with van der Waals surface area (Å²) in [5.74, 6) is -2.20. The molecule has 0 heterocycles. The quantitative estimate of drug-likeness (QED) is 0.826. The van der Waals surface area contributed by atoms with E-state index in [2.05, 4.69) is 4.72 Å². The van der Waals surface area contributed by atoms with Gasteiger partial charge in [-0.1, -0.05) is 55.5 Å². The van der Waals surface area contributed by atoms with E-state index in [4.69, 9.17) is 0 Å². The van der Waals surface area contributed by atoms with Crippen LogP contribution < -0.4 is 4.72 Å². The first-order valence-corrected chi connectivity index (χ1v) is 10.3. The largest absolute Gasteiger partial charge is 0.298 e. The van der Waals surface area contributed by atoms with Crippen molar-refractivity contribution < 1.29 is 18.0 Å². The molecule has 1 saturated carbocycles. The zero-order valence-electron chi connectivity index (χ0n) is 14.7. The van der Waals surface area contributed by atoms with Crippen molar-refractivity contribution in [2.24, 2.45) is 17.8 Å². The molecule has 0 radical (unpaired) electrons. The van der Waals surface area contributed by atoms with Crippen LogP contribution in [0.2, 0.25) is 0 Å². The van der Waals surface area contributed by atoms with Gasteiger partial charge in [0.2, 0.25) is 0 Å². The smallest absolute Gasteiger partial charge is 0.261 e. The lowest BCUT2D eigenvalue weighted by molar-refractivity contribution is -0.131. The van der Waals surface area contributed by atoms with Gasteiger partial charge in [-0.2, -0.15) is 0 Å². The van der Waals surface area contributed by atoms with E-state index in [-0.39, 0.29) is 28.2 Å². The maximum atomic E-state index is 13.0. The highest BCUT2D eigenvalue weighted by Gasteiger charge is 2.54. The molecule has 6 heteroatoms. The number of hydrogen-bond acceptors (Lipinski definition) is 4. The predicted molar refractivity (Wildman–Crippen MR) is 100 cm³/mol. The number of carbonyl (C=O) groups excluding carboxylic acids is 2. The van der Waals surface area contributed by atoms with E-state index >= 15 is 0 Å². The molecule has 4 atom stereocenters. The minimum atomic E-state index is -3.88. The lowest BCUT2D eigenvalue weighted by Crippen LogP contribution is -2.37. The third kappa shape index (κ3) is 2.90. The van der Waals surface area contributed by atoms with Gasteiger partial charge in [-0.15, -0.1) is 0 Å². The highest BCUT2D eigenvalue weighted by atomic mass is 32.2. The summed E-state index contributed by atoms with van der Waals surface area (Å²) in [4.78, 5) is 25.8. The van der Waals surface area contributed by atoms with Crippen molar-refractivity contribution in [3.05, 3.63) is 78.0 Å². The fourth-order valence-electron chi connectivity index (χ4n) is 4.18. The molecular formula is C21H19NO4S. The van der Waals surface area contributed by atoms with E-state index in [1.165, 1.54) is 18.2 Å². The minimum absolute atomic E-state index is 0.00117. The summed E-state index contributed by atoms with van der Waals surface area (Å²) in [5.41, 5.74) is 0.929. The van der Waals surface area contributed by atoms with Gasteiger partial charge in [0.15, 0.2) is 11.6 Å². The summed E-state index contributed by atoms with van der Waals surface area (Å²) >= 11 is 0. The number of benzene rings is 2. The normalized spacial score (nSPS) is 27.4. The highest BCUT2D eigenvalue weighted by molar-refractivity contribution is 7.89. The molecule has 138 valence electrons. The summed E-state index contributed by atoms with van der Waals surface area (Å²) in [6.45, 7) is 1.94. The predicted octanol–water partition coefficient (Wildman–Crippen LogP) is 2.67. The first-order valence-electron chi connectivity index (χ1n) is 8.83. The Bertz CT molecular complexity index is 1030. The van der Waals surface area contributed by atoms with Crippen molar-refractivity contribution in [2.45, 2.75) is 17.7 Å². The van der Waals surface area contributed by atoms with Crippen molar-refractivity contribution in [3.63, 3.8) is 0 Å². The van der Waals surface area contributed by atoms with Gasteiger partial charge in [0, 0.05) is 11.8 Å². The Morgan fingerprint density at radius 2 is 1.48 bits per heavy atom. The fraction of sp³-hybridized carbons (Fsp3) is 0.238. The molecule has 1 fully saturated rings. The van der Waals surface area contributed by atoms with E-state index in [0.717, 1.165) is 5.56 Å². The summed E-state index contributed by atoms with van der Waals surface area (Å²) in [5, 5.41) is 0. The van der Waals surface area contributed by atoms with Crippen LogP contribution in [0.15, 0.2) is 77.3 Å². The molecule has 2 bridgehead atoms. The third-order valence-electron chi connectivity index (χ3n) is 5.50. The van der Waals surface area contributed by atoms with E-state index in [9.17, 15) is 18.0 Å². The molecule has 2 aromatic carbocycles. The zero-order chi connectivity index (χ0) is 19.2. The number of nitrogens with one attached hydrogen (secondary N) is 1. The Labute approximate surface area is 158 Å². The van der Waals surface area contributed by atoms with Crippen LogP contribution in [0.1, 0.15) is 18.4 Å². The Hall–Kier alpha value is -2.73. The van der Waals surface area contributed by atoms with Gasteiger partial charge < -0.3 is 0 Å². The van der Waals surface area contributed by atoms with Crippen LogP contribution in [0.5, 0.6) is 0 Å². The second kappa shape index (κ2) is 6.46. The van der Waals surface area contributed by atoms with Crippen molar-refractivity contribution in [1.82, 2.24) is 4.72 Å². The molecule has 0 unspecified atom stereocenters. The SMILES string of the molecule is C[C@@H]1[C@@H](c2ccccc2)[C@H]2C(=O)C(NS(=O)(=O)c3ccccc3)=C[C@@H]1C2=O. The highest BCUT2D eigenvalue weighted by Crippen LogP contribution is 2.49. The molecular weight excluding hydrogens is 362 g/mol. The first-order chi connectivity index (χ1) is 12.9. The average Bonchev–Trinajstić information content (AvgIpc) is 2.85. The number of allylic oxidation sites excluding steroid dienone is 2. The number of carbonyl (C=O) groups is 2. The molecule has 2 aliphatic rings. The van der Waals surface area contributed by atoms with Gasteiger partial charge in [-0.25, -0.2) is 8.42 Å². The van der Waals surface area contributed by atoms with Gasteiger partial charge in [0.05, 0.1) is 16.5 Å². The van der Waals surface area contributed by atoms with Crippen LogP contribution >= 0.6 is 0 Å². The van der Waals surface area contributed by atoms with E-state index in [0.29, 0.717) is 0 Å². The van der Waals surface area contributed by atoms with Crippen LogP contribution in [-0.2, 0) is 19.6 Å². The van der Waals surface area contributed by atoms with Gasteiger partial charge >= 0.3 is 0 Å². The number of fused-ring (bicyclic) bond motifs is 2. The van der Waals surface area contributed by atoms with E-state index in [1.54, 1.807) is 18.2 Å². The van der Waals surface area contributed by atoms with Crippen LogP contribution in [0, 0.1) is 17.8 Å². The Morgan fingerprint density at radius 1 is 0.889 bits per heavy atom. The molecule has 0 saturated heterocycles. The fourth-order valence-corrected chi connectivity index (χ4v) is 5.28. The number of ketones is 2. The zero-order valence-corrected chi connectivity index (χ0v) is 15.5.